The zero-order valence-electron chi connectivity index (χ0n) is 18.8. The molecular weight excluding hydrogens is 376 g/mol. The molecule has 0 saturated carbocycles. The van der Waals surface area contributed by atoms with Crippen LogP contribution >= 0.6 is 0 Å². The number of aryl methyl sites for hydroxylation is 4. The summed E-state index contributed by atoms with van der Waals surface area (Å²) in [6.07, 6.45) is 6.65. The Hall–Kier alpha value is -2.62. The van der Waals surface area contributed by atoms with E-state index in [4.69, 9.17) is 9.47 Å². The first kappa shape index (κ1) is 23.7. The summed E-state index contributed by atoms with van der Waals surface area (Å²) >= 11 is 0. The molecule has 4 heteroatoms. The van der Waals surface area contributed by atoms with Crippen molar-refractivity contribution in [1.82, 2.24) is 0 Å². The molecular formula is C26H34O4. The van der Waals surface area contributed by atoms with Crippen LogP contribution in [0.15, 0.2) is 36.4 Å². The van der Waals surface area contributed by atoms with E-state index >= 15 is 0 Å². The van der Waals surface area contributed by atoms with E-state index in [1.165, 1.54) is 11.1 Å². The second kappa shape index (κ2) is 12.2. The second-order valence-corrected chi connectivity index (χ2v) is 8.06. The van der Waals surface area contributed by atoms with Crippen LogP contribution in [0.5, 0.6) is 11.5 Å². The standard InChI is InChI=1S/C26H34O4/c1-19-13-15-23(17-21(19)3)29-25(27)11-9-7-5-6-8-10-12-26(28)30-24-16-14-20(2)22(4)18-24/h13-18H,5-12H2,1-4H3. The molecule has 0 heterocycles. The molecule has 0 amide bonds. The molecule has 0 radical (unpaired) electrons. The van der Waals surface area contributed by atoms with Gasteiger partial charge < -0.3 is 9.47 Å². The molecule has 0 atom stereocenters. The van der Waals surface area contributed by atoms with Crippen molar-refractivity contribution >= 4 is 11.9 Å². The van der Waals surface area contributed by atoms with Crippen LogP contribution in [0.3, 0.4) is 0 Å². The van der Waals surface area contributed by atoms with Crippen LogP contribution in [0.2, 0.25) is 0 Å². The SMILES string of the molecule is Cc1ccc(OC(=O)CCCCCCCCC(=O)Oc2ccc(C)c(C)c2)cc1C. The van der Waals surface area contributed by atoms with Crippen molar-refractivity contribution in [3.8, 4) is 11.5 Å². The number of unbranched alkanes of at least 4 members (excludes halogenated alkanes) is 5. The van der Waals surface area contributed by atoms with E-state index in [0.29, 0.717) is 24.3 Å². The minimum absolute atomic E-state index is 0.174. The number of ether oxygens (including phenoxy) is 2. The van der Waals surface area contributed by atoms with Crippen molar-refractivity contribution in [3.05, 3.63) is 58.7 Å². The smallest absolute Gasteiger partial charge is 0.311 e. The summed E-state index contributed by atoms with van der Waals surface area (Å²) in [5, 5.41) is 0. The molecule has 0 saturated heterocycles. The molecule has 0 aliphatic heterocycles. The molecule has 0 fully saturated rings. The van der Waals surface area contributed by atoms with E-state index in [1.54, 1.807) is 0 Å². The third-order valence-corrected chi connectivity index (χ3v) is 5.43. The van der Waals surface area contributed by atoms with E-state index < -0.39 is 0 Å². The second-order valence-electron chi connectivity index (χ2n) is 8.06. The number of hydrogen-bond donors (Lipinski definition) is 0. The highest BCUT2D eigenvalue weighted by Gasteiger charge is 2.07. The quantitative estimate of drug-likeness (QED) is 0.239. The predicted octanol–water partition coefficient (Wildman–Crippen LogP) is 6.55. The average Bonchev–Trinajstić information content (AvgIpc) is 2.69. The van der Waals surface area contributed by atoms with Crippen molar-refractivity contribution in [1.29, 1.82) is 0 Å². The van der Waals surface area contributed by atoms with Gasteiger partial charge in [0.15, 0.2) is 0 Å². The van der Waals surface area contributed by atoms with Gasteiger partial charge in [-0.05, 0) is 87.1 Å². The van der Waals surface area contributed by atoms with Gasteiger partial charge in [0.2, 0.25) is 0 Å². The fourth-order valence-electron chi connectivity index (χ4n) is 3.17. The zero-order chi connectivity index (χ0) is 21.9. The van der Waals surface area contributed by atoms with Gasteiger partial charge in [0, 0.05) is 12.8 Å². The average molecular weight is 411 g/mol. The highest BCUT2D eigenvalue weighted by atomic mass is 16.5. The topological polar surface area (TPSA) is 52.6 Å². The van der Waals surface area contributed by atoms with Gasteiger partial charge in [-0.2, -0.15) is 0 Å². The van der Waals surface area contributed by atoms with Crippen LogP contribution in [0.1, 0.15) is 73.6 Å². The van der Waals surface area contributed by atoms with Crippen LogP contribution in [0.4, 0.5) is 0 Å². The molecule has 0 bridgehead atoms. The molecule has 2 rings (SSSR count). The molecule has 2 aromatic rings. The molecule has 30 heavy (non-hydrogen) atoms. The predicted molar refractivity (Wildman–Crippen MR) is 120 cm³/mol. The molecule has 0 aliphatic carbocycles. The summed E-state index contributed by atoms with van der Waals surface area (Å²) in [7, 11) is 0. The monoisotopic (exact) mass is 410 g/mol. The molecule has 4 nitrogen and oxygen atoms in total. The zero-order valence-corrected chi connectivity index (χ0v) is 18.8. The van der Waals surface area contributed by atoms with Crippen LogP contribution in [0, 0.1) is 27.7 Å². The Morgan fingerprint density at radius 2 is 0.933 bits per heavy atom. The largest absolute Gasteiger partial charge is 0.427 e. The summed E-state index contributed by atoms with van der Waals surface area (Å²) in [6, 6.07) is 11.4. The molecule has 162 valence electrons. The Balaban J connectivity index is 1.50. The Morgan fingerprint density at radius 1 is 0.567 bits per heavy atom. The maximum atomic E-state index is 11.9. The minimum Gasteiger partial charge on any atom is -0.427 e. The van der Waals surface area contributed by atoms with E-state index in [0.717, 1.165) is 49.7 Å². The molecule has 0 aliphatic rings. The van der Waals surface area contributed by atoms with Gasteiger partial charge in [0.05, 0.1) is 0 Å². The number of carbonyl (C=O) groups excluding carboxylic acids is 2. The fraction of sp³-hybridized carbons (Fsp3) is 0.462. The third kappa shape index (κ3) is 8.40. The van der Waals surface area contributed by atoms with Crippen molar-refractivity contribution < 1.29 is 19.1 Å². The summed E-state index contributed by atoms with van der Waals surface area (Å²) in [4.78, 5) is 23.9. The van der Waals surface area contributed by atoms with Gasteiger partial charge in [0.25, 0.3) is 0 Å². The Labute approximate surface area is 180 Å². The first-order chi connectivity index (χ1) is 14.3. The first-order valence-electron chi connectivity index (χ1n) is 10.9. The first-order valence-corrected chi connectivity index (χ1v) is 10.9. The van der Waals surface area contributed by atoms with Gasteiger partial charge in [-0.25, -0.2) is 0 Å². The van der Waals surface area contributed by atoms with E-state index in [2.05, 4.69) is 0 Å². The highest BCUT2D eigenvalue weighted by molar-refractivity contribution is 5.72. The fourth-order valence-corrected chi connectivity index (χ4v) is 3.17. The minimum atomic E-state index is -0.174. The lowest BCUT2D eigenvalue weighted by Gasteiger charge is -2.07. The van der Waals surface area contributed by atoms with Crippen molar-refractivity contribution in [2.24, 2.45) is 0 Å². The van der Waals surface area contributed by atoms with Crippen LogP contribution in [0.25, 0.3) is 0 Å². The van der Waals surface area contributed by atoms with Crippen LogP contribution in [-0.2, 0) is 9.59 Å². The summed E-state index contributed by atoms with van der Waals surface area (Å²) < 4.78 is 10.8. The molecule has 0 spiro atoms. The Morgan fingerprint density at radius 3 is 1.30 bits per heavy atom. The van der Waals surface area contributed by atoms with Gasteiger partial charge in [-0.1, -0.05) is 37.8 Å². The van der Waals surface area contributed by atoms with Crippen molar-refractivity contribution in [2.45, 2.75) is 79.1 Å². The lowest BCUT2D eigenvalue weighted by Crippen LogP contribution is -2.08. The number of carbonyl (C=O) groups is 2. The van der Waals surface area contributed by atoms with Crippen LogP contribution < -0.4 is 9.47 Å². The van der Waals surface area contributed by atoms with E-state index in [-0.39, 0.29) is 11.9 Å². The molecule has 2 aromatic carbocycles. The Bertz CT molecular complexity index is 783. The van der Waals surface area contributed by atoms with Gasteiger partial charge in [-0.15, -0.1) is 0 Å². The van der Waals surface area contributed by atoms with Crippen LogP contribution in [-0.4, -0.2) is 11.9 Å². The Kier molecular flexibility index (Phi) is 9.59. The lowest BCUT2D eigenvalue weighted by molar-refractivity contribution is -0.135. The van der Waals surface area contributed by atoms with Crippen molar-refractivity contribution in [2.75, 3.05) is 0 Å². The van der Waals surface area contributed by atoms with E-state index in [9.17, 15) is 9.59 Å². The summed E-state index contributed by atoms with van der Waals surface area (Å²) in [6.45, 7) is 8.09. The maximum Gasteiger partial charge on any atom is 0.311 e. The summed E-state index contributed by atoms with van der Waals surface area (Å²) in [5.74, 6) is 0.895. The maximum absolute atomic E-state index is 11.9. The third-order valence-electron chi connectivity index (χ3n) is 5.43. The van der Waals surface area contributed by atoms with Crippen molar-refractivity contribution in [3.63, 3.8) is 0 Å². The number of benzene rings is 2. The van der Waals surface area contributed by atoms with Gasteiger partial charge >= 0.3 is 11.9 Å². The molecule has 0 N–H and O–H groups in total. The number of hydrogen-bond acceptors (Lipinski definition) is 4. The molecule has 0 unspecified atom stereocenters. The number of esters is 2. The highest BCUT2D eigenvalue weighted by Crippen LogP contribution is 2.19. The van der Waals surface area contributed by atoms with E-state index in [1.807, 2.05) is 64.1 Å². The van der Waals surface area contributed by atoms with Gasteiger partial charge in [0.1, 0.15) is 11.5 Å². The lowest BCUT2D eigenvalue weighted by atomic mass is 10.1. The summed E-state index contributed by atoms with van der Waals surface area (Å²) in [5.41, 5.74) is 4.62. The van der Waals surface area contributed by atoms with Gasteiger partial charge in [-0.3, -0.25) is 9.59 Å². The normalized spacial score (nSPS) is 10.7. The molecule has 0 aromatic heterocycles. The number of rotatable bonds is 11.